The lowest BCUT2D eigenvalue weighted by molar-refractivity contribution is -0.118. The van der Waals surface area contributed by atoms with Crippen LogP contribution < -0.4 is 11.1 Å². The fraction of sp³-hybridized carbons (Fsp3) is 0.0714. The Hall–Kier alpha value is -2.29. The number of amides is 1. The summed E-state index contributed by atoms with van der Waals surface area (Å²) in [6.07, 6.45) is 0. The normalized spacial score (nSPS) is 11.8. The minimum atomic E-state index is -0.501. The van der Waals surface area contributed by atoms with Crippen molar-refractivity contribution in [2.24, 2.45) is 5.73 Å². The largest absolute Gasteiger partial charge is 0.370 e. The molecule has 0 fully saturated rings. The van der Waals surface area contributed by atoms with Crippen molar-refractivity contribution in [3.63, 3.8) is 0 Å². The topological polar surface area (TPSA) is 55.1 Å². The standard InChI is InChI=1S/C14H14N2O/c15-14(17)13(11-7-3-1-4-8-11)16-12-9-5-2-6-10-12/h1-10,13,16H,(H2,15,17). The lowest BCUT2D eigenvalue weighted by Crippen LogP contribution is -2.27. The zero-order valence-corrected chi connectivity index (χ0v) is 9.34. The van der Waals surface area contributed by atoms with Gasteiger partial charge in [-0.2, -0.15) is 0 Å². The van der Waals surface area contributed by atoms with E-state index in [1.165, 1.54) is 0 Å². The Morgan fingerprint density at radius 1 is 0.941 bits per heavy atom. The first-order valence-corrected chi connectivity index (χ1v) is 5.43. The Bertz CT molecular complexity index is 482. The molecule has 0 spiro atoms. The van der Waals surface area contributed by atoms with Gasteiger partial charge in [-0.3, -0.25) is 4.79 Å². The van der Waals surface area contributed by atoms with Crippen molar-refractivity contribution in [1.29, 1.82) is 0 Å². The first-order chi connectivity index (χ1) is 8.27. The fourth-order valence-electron chi connectivity index (χ4n) is 1.67. The van der Waals surface area contributed by atoms with Gasteiger partial charge in [0.2, 0.25) is 5.91 Å². The summed E-state index contributed by atoms with van der Waals surface area (Å²) in [4.78, 5) is 11.5. The molecule has 0 bridgehead atoms. The number of carbonyl (C=O) groups is 1. The van der Waals surface area contributed by atoms with Gasteiger partial charge >= 0.3 is 0 Å². The van der Waals surface area contributed by atoms with Gasteiger partial charge in [0.15, 0.2) is 0 Å². The minimum Gasteiger partial charge on any atom is -0.370 e. The molecule has 0 aliphatic heterocycles. The summed E-state index contributed by atoms with van der Waals surface area (Å²) in [6, 6.07) is 18.5. The van der Waals surface area contributed by atoms with Crippen LogP contribution in [0, 0.1) is 0 Å². The summed E-state index contributed by atoms with van der Waals surface area (Å²) < 4.78 is 0. The second-order valence-corrected chi connectivity index (χ2v) is 3.76. The molecule has 3 heteroatoms. The van der Waals surface area contributed by atoms with Crippen molar-refractivity contribution in [3.05, 3.63) is 66.2 Å². The number of hydrogen-bond acceptors (Lipinski definition) is 2. The summed E-state index contributed by atoms with van der Waals surface area (Å²) in [5.74, 6) is -0.389. The lowest BCUT2D eigenvalue weighted by atomic mass is 10.1. The van der Waals surface area contributed by atoms with E-state index in [4.69, 9.17) is 5.73 Å². The maximum atomic E-state index is 11.5. The minimum absolute atomic E-state index is 0.389. The third-order valence-corrected chi connectivity index (χ3v) is 2.50. The van der Waals surface area contributed by atoms with Crippen LogP contribution in [0.3, 0.4) is 0 Å². The van der Waals surface area contributed by atoms with E-state index in [9.17, 15) is 4.79 Å². The quantitative estimate of drug-likeness (QED) is 0.840. The van der Waals surface area contributed by atoms with Crippen LogP contribution >= 0.6 is 0 Å². The highest BCUT2D eigenvalue weighted by atomic mass is 16.1. The molecule has 0 saturated carbocycles. The summed E-state index contributed by atoms with van der Waals surface area (Å²) in [5, 5.41) is 3.12. The summed E-state index contributed by atoms with van der Waals surface area (Å²) >= 11 is 0. The second kappa shape index (κ2) is 5.16. The van der Waals surface area contributed by atoms with Gasteiger partial charge in [-0.1, -0.05) is 48.5 Å². The van der Waals surface area contributed by atoms with E-state index in [1.807, 2.05) is 60.7 Å². The molecule has 0 heterocycles. The number of para-hydroxylation sites is 1. The van der Waals surface area contributed by atoms with Crippen LogP contribution in [0.25, 0.3) is 0 Å². The van der Waals surface area contributed by atoms with E-state index in [0.29, 0.717) is 0 Å². The average Bonchev–Trinajstić information content (AvgIpc) is 2.38. The highest BCUT2D eigenvalue weighted by Gasteiger charge is 2.16. The van der Waals surface area contributed by atoms with Crippen molar-refractivity contribution in [3.8, 4) is 0 Å². The Morgan fingerprint density at radius 3 is 2.00 bits per heavy atom. The van der Waals surface area contributed by atoms with Gasteiger partial charge < -0.3 is 11.1 Å². The van der Waals surface area contributed by atoms with E-state index in [-0.39, 0.29) is 5.91 Å². The van der Waals surface area contributed by atoms with Crippen LogP contribution in [0.5, 0.6) is 0 Å². The molecular formula is C14H14N2O. The first kappa shape index (κ1) is 11.2. The number of nitrogens with one attached hydrogen (secondary N) is 1. The summed E-state index contributed by atoms with van der Waals surface area (Å²) in [6.45, 7) is 0. The predicted molar refractivity (Wildman–Crippen MR) is 68.4 cm³/mol. The Morgan fingerprint density at radius 2 is 1.47 bits per heavy atom. The third kappa shape index (κ3) is 2.84. The van der Waals surface area contributed by atoms with Gasteiger partial charge in [-0.25, -0.2) is 0 Å². The van der Waals surface area contributed by atoms with Crippen molar-refractivity contribution in [2.75, 3.05) is 5.32 Å². The van der Waals surface area contributed by atoms with Gasteiger partial charge in [-0.05, 0) is 17.7 Å². The van der Waals surface area contributed by atoms with Crippen LogP contribution in [-0.2, 0) is 4.79 Å². The van der Waals surface area contributed by atoms with Crippen LogP contribution in [0.4, 0.5) is 5.69 Å². The molecule has 1 amide bonds. The monoisotopic (exact) mass is 226 g/mol. The molecule has 1 unspecified atom stereocenters. The highest BCUT2D eigenvalue weighted by molar-refractivity contribution is 5.84. The molecule has 2 aromatic rings. The molecule has 0 aliphatic carbocycles. The molecule has 3 N–H and O–H groups in total. The van der Waals surface area contributed by atoms with E-state index in [1.54, 1.807) is 0 Å². The number of hydrogen-bond donors (Lipinski definition) is 2. The Kier molecular flexibility index (Phi) is 3.40. The van der Waals surface area contributed by atoms with Crippen molar-refractivity contribution >= 4 is 11.6 Å². The zero-order chi connectivity index (χ0) is 12.1. The lowest BCUT2D eigenvalue weighted by Gasteiger charge is -2.16. The fourth-order valence-corrected chi connectivity index (χ4v) is 1.67. The number of anilines is 1. The molecule has 0 radical (unpaired) electrons. The number of nitrogens with two attached hydrogens (primary N) is 1. The molecule has 0 aromatic heterocycles. The van der Waals surface area contributed by atoms with E-state index >= 15 is 0 Å². The van der Waals surface area contributed by atoms with Gasteiger partial charge in [-0.15, -0.1) is 0 Å². The first-order valence-electron chi connectivity index (χ1n) is 5.43. The van der Waals surface area contributed by atoms with Crippen LogP contribution in [-0.4, -0.2) is 5.91 Å². The van der Waals surface area contributed by atoms with Crippen LogP contribution in [0.1, 0.15) is 11.6 Å². The summed E-state index contributed by atoms with van der Waals surface area (Å²) in [5.41, 5.74) is 7.15. The summed E-state index contributed by atoms with van der Waals surface area (Å²) in [7, 11) is 0. The van der Waals surface area contributed by atoms with Gasteiger partial charge in [0.05, 0.1) is 0 Å². The second-order valence-electron chi connectivity index (χ2n) is 3.76. The predicted octanol–water partition coefficient (Wildman–Crippen LogP) is 2.33. The molecule has 17 heavy (non-hydrogen) atoms. The average molecular weight is 226 g/mol. The Labute approximate surface area is 100 Å². The molecule has 0 saturated heterocycles. The molecule has 3 nitrogen and oxygen atoms in total. The highest BCUT2D eigenvalue weighted by Crippen LogP contribution is 2.18. The third-order valence-electron chi connectivity index (χ3n) is 2.50. The number of primary amides is 1. The van der Waals surface area contributed by atoms with Crippen molar-refractivity contribution < 1.29 is 4.79 Å². The number of benzene rings is 2. The molecule has 2 rings (SSSR count). The number of rotatable bonds is 4. The SMILES string of the molecule is NC(=O)C(Nc1ccccc1)c1ccccc1. The zero-order valence-electron chi connectivity index (χ0n) is 9.34. The van der Waals surface area contributed by atoms with Crippen molar-refractivity contribution in [1.82, 2.24) is 0 Å². The smallest absolute Gasteiger partial charge is 0.244 e. The van der Waals surface area contributed by atoms with Crippen molar-refractivity contribution in [2.45, 2.75) is 6.04 Å². The van der Waals surface area contributed by atoms with Crippen LogP contribution in [0.15, 0.2) is 60.7 Å². The number of carbonyl (C=O) groups excluding carboxylic acids is 1. The maximum Gasteiger partial charge on any atom is 0.244 e. The van der Waals surface area contributed by atoms with Gasteiger partial charge in [0.25, 0.3) is 0 Å². The molecule has 1 atom stereocenters. The molecule has 0 aliphatic rings. The van der Waals surface area contributed by atoms with Gasteiger partial charge in [0.1, 0.15) is 6.04 Å². The molecule has 2 aromatic carbocycles. The molecular weight excluding hydrogens is 212 g/mol. The van der Waals surface area contributed by atoms with Gasteiger partial charge in [0, 0.05) is 5.69 Å². The van der Waals surface area contributed by atoms with Crippen LogP contribution in [0.2, 0.25) is 0 Å². The molecule has 86 valence electrons. The Balaban J connectivity index is 2.23. The van der Waals surface area contributed by atoms with E-state index in [2.05, 4.69) is 5.32 Å². The maximum absolute atomic E-state index is 11.5. The van der Waals surface area contributed by atoms with E-state index in [0.717, 1.165) is 11.3 Å². The van der Waals surface area contributed by atoms with E-state index < -0.39 is 6.04 Å².